The summed E-state index contributed by atoms with van der Waals surface area (Å²) >= 11 is 3.41. The molecule has 0 bridgehead atoms. The Hall–Kier alpha value is -3.95. The molecule has 1 N–H and O–H groups in total. The second kappa shape index (κ2) is 14.5. The van der Waals surface area contributed by atoms with E-state index in [4.69, 9.17) is 0 Å². The van der Waals surface area contributed by atoms with Gasteiger partial charge in [0.1, 0.15) is 12.6 Å². The number of carbonyl (C=O) groups is 2. The van der Waals surface area contributed by atoms with Crippen molar-refractivity contribution >= 4 is 43.5 Å². The van der Waals surface area contributed by atoms with Crippen LogP contribution in [0.3, 0.4) is 0 Å². The number of hydrogen-bond donors (Lipinski definition) is 1. The first-order valence-corrected chi connectivity index (χ1v) is 16.3. The minimum atomic E-state index is -4.13. The van der Waals surface area contributed by atoms with Gasteiger partial charge < -0.3 is 10.2 Å². The van der Waals surface area contributed by atoms with Crippen LogP contribution in [0.15, 0.2) is 119 Å². The lowest BCUT2D eigenvalue weighted by atomic mass is 10.0. The number of anilines is 1. The van der Waals surface area contributed by atoms with Gasteiger partial charge >= 0.3 is 0 Å². The van der Waals surface area contributed by atoms with E-state index in [9.17, 15) is 18.0 Å². The smallest absolute Gasteiger partial charge is 0.264 e. The molecule has 0 saturated carbocycles. The summed E-state index contributed by atoms with van der Waals surface area (Å²) in [6.07, 6.45) is 0.265. The van der Waals surface area contributed by atoms with Gasteiger partial charge in [-0.25, -0.2) is 8.42 Å². The number of hydrogen-bond acceptors (Lipinski definition) is 4. The van der Waals surface area contributed by atoms with Gasteiger partial charge in [0.15, 0.2) is 0 Å². The fourth-order valence-corrected chi connectivity index (χ4v) is 6.46. The molecule has 7 nitrogen and oxygen atoms in total. The molecule has 4 aromatic carbocycles. The lowest BCUT2D eigenvalue weighted by Gasteiger charge is -2.34. The van der Waals surface area contributed by atoms with E-state index in [1.54, 1.807) is 42.5 Å². The second-order valence-corrected chi connectivity index (χ2v) is 13.4. The molecular weight excluding hydrogens is 626 g/mol. The van der Waals surface area contributed by atoms with Crippen molar-refractivity contribution in [2.75, 3.05) is 10.8 Å². The van der Waals surface area contributed by atoms with E-state index in [2.05, 4.69) is 21.2 Å². The lowest BCUT2D eigenvalue weighted by molar-refractivity contribution is -0.140. The zero-order chi connectivity index (χ0) is 31.0. The molecule has 0 aliphatic heterocycles. The van der Waals surface area contributed by atoms with Crippen molar-refractivity contribution in [3.63, 3.8) is 0 Å². The van der Waals surface area contributed by atoms with Gasteiger partial charge in [-0.1, -0.05) is 88.7 Å². The van der Waals surface area contributed by atoms with Crippen LogP contribution >= 0.6 is 15.9 Å². The summed E-state index contributed by atoms with van der Waals surface area (Å²) in [5, 5.41) is 2.98. The van der Waals surface area contributed by atoms with E-state index in [0.29, 0.717) is 5.69 Å². The van der Waals surface area contributed by atoms with Gasteiger partial charge in [-0.05, 0) is 73.9 Å². The fourth-order valence-electron chi connectivity index (χ4n) is 4.76. The predicted molar refractivity (Wildman–Crippen MR) is 174 cm³/mol. The topological polar surface area (TPSA) is 86.8 Å². The van der Waals surface area contributed by atoms with E-state index in [-0.39, 0.29) is 29.8 Å². The van der Waals surface area contributed by atoms with Crippen molar-refractivity contribution in [1.82, 2.24) is 10.2 Å². The fraction of sp³-hybridized carbons (Fsp3) is 0.235. The van der Waals surface area contributed by atoms with Gasteiger partial charge in [-0.2, -0.15) is 0 Å². The minimum absolute atomic E-state index is 0.0644. The number of rotatable bonds is 12. The molecule has 9 heteroatoms. The lowest BCUT2D eigenvalue weighted by Crippen LogP contribution is -2.54. The van der Waals surface area contributed by atoms with E-state index in [0.717, 1.165) is 25.5 Å². The van der Waals surface area contributed by atoms with Crippen LogP contribution in [0.25, 0.3) is 0 Å². The molecule has 1 atom stereocenters. The molecule has 0 spiro atoms. The number of benzene rings is 4. The first-order chi connectivity index (χ1) is 20.6. The average molecular weight is 663 g/mol. The Morgan fingerprint density at radius 2 is 1.40 bits per heavy atom. The maximum Gasteiger partial charge on any atom is 0.264 e. The Bertz CT molecular complexity index is 1630. The average Bonchev–Trinajstić information content (AvgIpc) is 2.99. The number of sulfonamides is 1. The highest BCUT2D eigenvalue weighted by Gasteiger charge is 2.35. The zero-order valence-corrected chi connectivity index (χ0v) is 26.9. The molecule has 0 aliphatic rings. The largest absolute Gasteiger partial charge is 0.352 e. The molecule has 1 unspecified atom stereocenters. The summed E-state index contributed by atoms with van der Waals surface area (Å²) in [6, 6.07) is 30.9. The van der Waals surface area contributed by atoms with Crippen LogP contribution in [0, 0.1) is 6.92 Å². The van der Waals surface area contributed by atoms with E-state index >= 15 is 0 Å². The molecule has 4 rings (SSSR count). The highest BCUT2D eigenvalue weighted by atomic mass is 79.9. The van der Waals surface area contributed by atoms with Crippen LogP contribution in [-0.2, 0) is 32.6 Å². The molecule has 43 heavy (non-hydrogen) atoms. The third-order valence-corrected chi connectivity index (χ3v) is 9.35. The van der Waals surface area contributed by atoms with Gasteiger partial charge in [-0.3, -0.25) is 13.9 Å². The van der Waals surface area contributed by atoms with Gasteiger partial charge in [0.2, 0.25) is 11.8 Å². The van der Waals surface area contributed by atoms with Gasteiger partial charge in [0.25, 0.3) is 10.0 Å². The van der Waals surface area contributed by atoms with Crippen LogP contribution < -0.4 is 9.62 Å². The van der Waals surface area contributed by atoms with Gasteiger partial charge in [-0.15, -0.1) is 0 Å². The number of nitrogens with one attached hydrogen (secondary N) is 1. The first-order valence-electron chi connectivity index (χ1n) is 14.1. The second-order valence-electron chi connectivity index (χ2n) is 10.6. The highest BCUT2D eigenvalue weighted by Crippen LogP contribution is 2.26. The SMILES string of the molecule is Cc1ccccc1CN(C(=O)CN(c1ccc(Br)cc1)S(=O)(=O)c1ccccc1)C(Cc1ccccc1)C(=O)NC(C)C. The molecule has 0 aliphatic carbocycles. The number of carbonyl (C=O) groups excluding carboxylic acids is 2. The van der Waals surface area contributed by atoms with E-state index in [1.165, 1.54) is 17.0 Å². The monoisotopic (exact) mass is 661 g/mol. The van der Waals surface area contributed by atoms with Crippen molar-refractivity contribution in [2.45, 2.75) is 50.7 Å². The van der Waals surface area contributed by atoms with Crippen molar-refractivity contribution < 1.29 is 18.0 Å². The summed E-state index contributed by atoms with van der Waals surface area (Å²) < 4.78 is 29.9. The standard InChI is InChI=1S/C34H36BrN3O4S/c1-25(2)36-34(40)32(22-27-13-6-4-7-14-27)37(23-28-15-11-10-12-26(28)3)33(39)24-38(30-20-18-29(35)19-21-30)43(41,42)31-16-8-5-9-17-31/h4-21,25,32H,22-24H2,1-3H3,(H,36,40). The van der Waals surface area contributed by atoms with Gasteiger partial charge in [0.05, 0.1) is 10.6 Å². The summed E-state index contributed by atoms with van der Waals surface area (Å²) in [5.41, 5.74) is 3.05. The Labute approximate surface area is 262 Å². The Morgan fingerprint density at radius 3 is 2.00 bits per heavy atom. The van der Waals surface area contributed by atoms with Crippen molar-refractivity contribution in [1.29, 1.82) is 0 Å². The molecule has 0 fully saturated rings. The Balaban J connectivity index is 1.80. The molecule has 0 aromatic heterocycles. The van der Waals surface area contributed by atoms with E-state index in [1.807, 2.05) is 75.4 Å². The summed E-state index contributed by atoms with van der Waals surface area (Å²) in [4.78, 5) is 29.8. The number of amides is 2. The minimum Gasteiger partial charge on any atom is -0.352 e. The summed E-state index contributed by atoms with van der Waals surface area (Å²) in [6.45, 7) is 5.32. The maximum atomic E-state index is 14.4. The molecule has 2 amide bonds. The zero-order valence-electron chi connectivity index (χ0n) is 24.5. The normalized spacial score (nSPS) is 12.0. The van der Waals surface area contributed by atoms with Crippen LogP contribution in [0.5, 0.6) is 0 Å². The molecule has 0 radical (unpaired) electrons. The van der Waals surface area contributed by atoms with E-state index < -0.39 is 28.5 Å². The van der Waals surface area contributed by atoms with Gasteiger partial charge in [0, 0.05) is 23.5 Å². The number of nitrogens with zero attached hydrogens (tertiary/aromatic N) is 2. The van der Waals surface area contributed by atoms with Crippen molar-refractivity contribution in [2.24, 2.45) is 0 Å². The van der Waals surface area contributed by atoms with Crippen LogP contribution in [0.4, 0.5) is 5.69 Å². The molecule has 224 valence electrons. The van der Waals surface area contributed by atoms with Crippen LogP contribution in [-0.4, -0.2) is 43.8 Å². The molecular formula is C34H36BrN3O4S. The van der Waals surface area contributed by atoms with Crippen LogP contribution in [0.1, 0.15) is 30.5 Å². The molecule has 0 heterocycles. The van der Waals surface area contributed by atoms with Crippen molar-refractivity contribution in [3.8, 4) is 0 Å². The quantitative estimate of drug-likeness (QED) is 0.198. The summed E-state index contributed by atoms with van der Waals surface area (Å²) in [7, 11) is -4.13. The molecule has 4 aromatic rings. The third-order valence-electron chi connectivity index (χ3n) is 7.03. The first kappa shape index (κ1) is 32.0. The third kappa shape index (κ3) is 8.33. The highest BCUT2D eigenvalue weighted by molar-refractivity contribution is 9.10. The number of halogens is 1. The number of aryl methyl sites for hydroxylation is 1. The summed E-state index contributed by atoms with van der Waals surface area (Å²) in [5.74, 6) is -0.799. The Morgan fingerprint density at radius 1 is 0.814 bits per heavy atom. The predicted octanol–water partition coefficient (Wildman–Crippen LogP) is 6.12. The van der Waals surface area contributed by atoms with Crippen LogP contribution in [0.2, 0.25) is 0 Å². The Kier molecular flexibility index (Phi) is 10.8. The maximum absolute atomic E-state index is 14.4. The van der Waals surface area contributed by atoms with Crippen molar-refractivity contribution in [3.05, 3.63) is 130 Å². The molecule has 0 saturated heterocycles.